The molecule has 0 bridgehead atoms. The first kappa shape index (κ1) is 28.3. The van der Waals surface area contributed by atoms with Gasteiger partial charge in [-0.05, 0) is 17.2 Å². The second-order valence-corrected chi connectivity index (χ2v) is 9.20. The van der Waals surface area contributed by atoms with E-state index in [1.807, 2.05) is 54.6 Å². The molecule has 5 atom stereocenters. The fraction of sp³-hybridized carbons (Fsp3) is 0.296. The predicted molar refractivity (Wildman–Crippen MR) is 145 cm³/mol. The minimum atomic E-state index is -1.61. The fourth-order valence-electron chi connectivity index (χ4n) is 4.41. The van der Waals surface area contributed by atoms with E-state index in [0.717, 1.165) is 23.8 Å². The summed E-state index contributed by atoms with van der Waals surface area (Å²) in [5, 5.41) is 32.9. The van der Waals surface area contributed by atoms with Crippen molar-refractivity contribution in [1.82, 2.24) is 20.3 Å². The Balaban J connectivity index is 1.51. The Hall–Kier alpha value is -4.75. The predicted octanol–water partition coefficient (Wildman–Crippen LogP) is -0.0637. The molecule has 0 radical (unpaired) electrons. The summed E-state index contributed by atoms with van der Waals surface area (Å²) in [6, 6.07) is 15.7. The van der Waals surface area contributed by atoms with Gasteiger partial charge in [-0.15, -0.1) is 5.10 Å². The van der Waals surface area contributed by atoms with Crippen molar-refractivity contribution in [2.75, 3.05) is 7.11 Å². The van der Waals surface area contributed by atoms with Crippen molar-refractivity contribution in [2.45, 2.75) is 43.9 Å². The maximum Gasteiger partial charge on any atom is 0.373 e. The third kappa shape index (κ3) is 6.62. The van der Waals surface area contributed by atoms with E-state index in [4.69, 9.17) is 20.9 Å². The summed E-state index contributed by atoms with van der Waals surface area (Å²) in [4.78, 5) is 28.2. The number of aromatic nitrogens is 3. The van der Waals surface area contributed by atoms with Gasteiger partial charge in [-0.3, -0.25) is 4.79 Å². The monoisotopic (exact) mass is 549 g/mol. The van der Waals surface area contributed by atoms with Crippen molar-refractivity contribution < 1.29 is 29.3 Å². The van der Waals surface area contributed by atoms with Gasteiger partial charge in [0.05, 0.1) is 31.9 Å². The van der Waals surface area contributed by atoms with Gasteiger partial charge in [-0.1, -0.05) is 59.8 Å². The van der Waals surface area contributed by atoms with Gasteiger partial charge in [0.15, 0.2) is 5.96 Å². The SMILES string of the molecule is COC(=O)C1=C[C@H](N=C(N)N)[C@@H](NC(C)=O)[C@H]([C@H](O)[C@H](O)Cn2cc(-c3ccc(-c4ccccc4)cc3)nn2)O1. The number of methoxy groups -OCH3 is 1. The molecule has 0 unspecified atom stereocenters. The number of hydrogen-bond acceptors (Lipinski definition) is 9. The number of nitrogens with two attached hydrogens (primary N) is 2. The van der Waals surface area contributed by atoms with Crippen molar-refractivity contribution in [3.63, 3.8) is 0 Å². The van der Waals surface area contributed by atoms with Crippen molar-refractivity contribution in [1.29, 1.82) is 0 Å². The molecule has 2 aromatic carbocycles. The van der Waals surface area contributed by atoms with Gasteiger partial charge in [0, 0.05) is 12.5 Å². The number of carbonyl (C=O) groups excluding carboxylic acids is 2. The first-order chi connectivity index (χ1) is 19.2. The van der Waals surface area contributed by atoms with Crippen LogP contribution in [0.2, 0.25) is 0 Å². The molecular weight excluding hydrogens is 518 g/mol. The number of carbonyl (C=O) groups is 2. The Morgan fingerprint density at radius 2 is 1.75 bits per heavy atom. The third-order valence-electron chi connectivity index (χ3n) is 6.29. The van der Waals surface area contributed by atoms with Crippen LogP contribution in [0.4, 0.5) is 0 Å². The van der Waals surface area contributed by atoms with Crippen LogP contribution in [-0.2, 0) is 25.6 Å². The lowest BCUT2D eigenvalue weighted by molar-refractivity contribution is -0.148. The zero-order valence-corrected chi connectivity index (χ0v) is 21.9. The van der Waals surface area contributed by atoms with E-state index in [1.54, 1.807) is 6.20 Å². The highest BCUT2D eigenvalue weighted by molar-refractivity contribution is 5.87. The number of guanidine groups is 1. The molecule has 13 nitrogen and oxygen atoms in total. The summed E-state index contributed by atoms with van der Waals surface area (Å²) in [5.41, 5.74) is 14.6. The summed E-state index contributed by atoms with van der Waals surface area (Å²) in [7, 11) is 1.15. The molecule has 1 aliphatic rings. The average Bonchev–Trinajstić information content (AvgIpc) is 3.41. The van der Waals surface area contributed by atoms with Crippen LogP contribution in [0.5, 0.6) is 0 Å². The number of rotatable bonds is 9. The smallest absolute Gasteiger partial charge is 0.373 e. The van der Waals surface area contributed by atoms with E-state index >= 15 is 0 Å². The molecule has 1 aliphatic heterocycles. The van der Waals surface area contributed by atoms with Crippen molar-refractivity contribution in [2.24, 2.45) is 16.5 Å². The second kappa shape index (κ2) is 12.4. The molecule has 13 heteroatoms. The lowest BCUT2D eigenvalue weighted by Gasteiger charge is -2.38. The molecule has 1 aromatic heterocycles. The van der Waals surface area contributed by atoms with Crippen molar-refractivity contribution in [3.05, 3.63) is 72.6 Å². The number of amides is 1. The summed E-state index contributed by atoms with van der Waals surface area (Å²) < 4.78 is 11.8. The number of aliphatic hydroxyl groups is 2. The quantitative estimate of drug-likeness (QED) is 0.137. The molecule has 210 valence electrons. The highest BCUT2D eigenvalue weighted by atomic mass is 16.6. The molecule has 40 heavy (non-hydrogen) atoms. The van der Waals surface area contributed by atoms with Gasteiger partial charge < -0.3 is 36.5 Å². The number of hydrogen-bond donors (Lipinski definition) is 5. The Labute approximate surface area is 230 Å². The molecule has 4 rings (SSSR count). The minimum absolute atomic E-state index is 0.173. The molecule has 0 spiro atoms. The molecule has 3 aromatic rings. The maximum atomic E-state index is 12.2. The van der Waals surface area contributed by atoms with Gasteiger partial charge in [0.25, 0.3) is 0 Å². The lowest BCUT2D eigenvalue weighted by Crippen LogP contribution is -2.59. The zero-order valence-electron chi connectivity index (χ0n) is 21.9. The van der Waals surface area contributed by atoms with Crippen LogP contribution in [0.15, 0.2) is 77.6 Å². The number of esters is 1. The number of ether oxygens (including phenoxy) is 2. The largest absolute Gasteiger partial charge is 0.478 e. The average molecular weight is 550 g/mol. The van der Waals surface area contributed by atoms with E-state index < -0.39 is 42.3 Å². The third-order valence-corrected chi connectivity index (χ3v) is 6.29. The van der Waals surface area contributed by atoms with Gasteiger partial charge >= 0.3 is 5.97 Å². The van der Waals surface area contributed by atoms with Crippen LogP contribution in [0.3, 0.4) is 0 Å². The lowest BCUT2D eigenvalue weighted by atomic mass is 9.92. The Bertz CT molecular complexity index is 1390. The van der Waals surface area contributed by atoms with Crippen LogP contribution in [0.1, 0.15) is 6.92 Å². The van der Waals surface area contributed by atoms with Gasteiger partial charge in [-0.2, -0.15) is 0 Å². The molecule has 1 amide bonds. The molecule has 0 saturated carbocycles. The van der Waals surface area contributed by atoms with E-state index in [2.05, 4.69) is 20.6 Å². The number of nitrogens with one attached hydrogen (secondary N) is 1. The van der Waals surface area contributed by atoms with Crippen LogP contribution in [-0.4, -0.2) is 80.5 Å². The molecular formula is C27H31N7O6. The highest BCUT2D eigenvalue weighted by Gasteiger charge is 2.44. The van der Waals surface area contributed by atoms with Crippen LogP contribution >= 0.6 is 0 Å². The first-order valence-corrected chi connectivity index (χ1v) is 12.4. The van der Waals surface area contributed by atoms with Gasteiger partial charge in [0.1, 0.15) is 24.0 Å². The summed E-state index contributed by atoms with van der Waals surface area (Å²) in [5.74, 6) is -1.91. The molecule has 0 saturated heterocycles. The molecule has 2 heterocycles. The number of benzene rings is 2. The Morgan fingerprint density at radius 3 is 2.38 bits per heavy atom. The maximum absolute atomic E-state index is 12.2. The van der Waals surface area contributed by atoms with Crippen molar-refractivity contribution >= 4 is 17.8 Å². The van der Waals surface area contributed by atoms with Gasteiger partial charge in [0.2, 0.25) is 11.7 Å². The van der Waals surface area contributed by atoms with Gasteiger partial charge in [-0.25, -0.2) is 14.5 Å². The molecule has 0 aliphatic carbocycles. The Kier molecular flexibility index (Phi) is 8.76. The van der Waals surface area contributed by atoms with Crippen LogP contribution in [0.25, 0.3) is 22.4 Å². The van der Waals surface area contributed by atoms with E-state index in [-0.39, 0.29) is 18.3 Å². The summed E-state index contributed by atoms with van der Waals surface area (Å²) in [6.45, 7) is 1.09. The van der Waals surface area contributed by atoms with Crippen LogP contribution < -0.4 is 16.8 Å². The normalized spacial score (nSPS) is 19.9. The fourth-order valence-corrected chi connectivity index (χ4v) is 4.41. The minimum Gasteiger partial charge on any atom is -0.478 e. The topological polar surface area (TPSA) is 200 Å². The number of aliphatic imine (C=N–C) groups is 1. The first-order valence-electron chi connectivity index (χ1n) is 12.4. The molecule has 7 N–H and O–H groups in total. The summed E-state index contributed by atoms with van der Waals surface area (Å²) in [6.07, 6.45) is -1.48. The van der Waals surface area contributed by atoms with E-state index in [0.29, 0.717) is 5.69 Å². The van der Waals surface area contributed by atoms with E-state index in [1.165, 1.54) is 17.7 Å². The second-order valence-electron chi connectivity index (χ2n) is 9.20. The number of aliphatic hydroxyl groups excluding tert-OH is 2. The van der Waals surface area contributed by atoms with E-state index in [9.17, 15) is 19.8 Å². The van der Waals surface area contributed by atoms with Crippen molar-refractivity contribution in [3.8, 4) is 22.4 Å². The zero-order chi connectivity index (χ0) is 28.8. The number of nitrogens with zero attached hydrogens (tertiary/aromatic N) is 4. The Morgan fingerprint density at radius 1 is 1.10 bits per heavy atom. The highest BCUT2D eigenvalue weighted by Crippen LogP contribution is 2.26. The molecule has 0 fully saturated rings. The summed E-state index contributed by atoms with van der Waals surface area (Å²) >= 11 is 0. The van der Waals surface area contributed by atoms with Crippen LogP contribution in [0, 0.1) is 0 Å². The standard InChI is InChI=1S/C27H31N7O6/c1-15(35)30-23-19(31-27(28)29)12-22(26(38)39-2)40-25(23)24(37)21(36)14-34-13-20(32-33-34)18-10-8-17(9-11-18)16-6-4-3-5-7-16/h3-13,19,21,23-25,36-37H,14H2,1-2H3,(H,30,35)(H4,28,29,31)/t19-,21+,23+,24+,25+/m0/s1.